The van der Waals surface area contributed by atoms with E-state index in [0.717, 1.165) is 53.5 Å². The van der Waals surface area contributed by atoms with E-state index in [4.69, 9.17) is 4.74 Å². The fraction of sp³-hybridized carbons (Fsp3) is 0.381. The number of ketones is 1. The zero-order valence-corrected chi connectivity index (χ0v) is 18.1. The minimum atomic E-state index is -0.241. The molecule has 1 radical (unpaired) electrons. The van der Waals surface area contributed by atoms with Gasteiger partial charge in [-0.25, -0.2) is 0 Å². The van der Waals surface area contributed by atoms with Crippen LogP contribution in [0.5, 0.6) is 5.75 Å². The van der Waals surface area contributed by atoms with Crippen LogP contribution in [-0.2, 0) is 16.0 Å². The minimum Gasteiger partial charge on any atom is -0.489 e. The van der Waals surface area contributed by atoms with Crippen molar-refractivity contribution in [1.82, 2.24) is 9.71 Å². The summed E-state index contributed by atoms with van der Waals surface area (Å²) in [4.78, 5) is 27.0. The summed E-state index contributed by atoms with van der Waals surface area (Å²) in [6.45, 7) is 1.58. The van der Waals surface area contributed by atoms with Crippen LogP contribution < -0.4 is 4.74 Å². The van der Waals surface area contributed by atoms with Crippen molar-refractivity contribution in [3.63, 3.8) is 0 Å². The van der Waals surface area contributed by atoms with Crippen LogP contribution in [0.1, 0.15) is 24.0 Å². The highest BCUT2D eigenvalue weighted by atomic mass is 79.9. The number of fused-ring (bicyclic) bond motifs is 1. The number of allylic oxidation sites excluding steroid dienone is 2. The van der Waals surface area contributed by atoms with E-state index in [9.17, 15) is 14.9 Å². The molecule has 29 heavy (non-hydrogen) atoms. The predicted octanol–water partition coefficient (Wildman–Crippen LogP) is 2.58. The van der Waals surface area contributed by atoms with E-state index in [-0.39, 0.29) is 17.5 Å². The first-order chi connectivity index (χ1) is 13.9. The summed E-state index contributed by atoms with van der Waals surface area (Å²) in [5.74, 6) is 0.505. The topological polar surface area (TPSA) is 73.6 Å². The number of Topliss-reactive ketones (excluding diaryl/α,β-unsaturated/α-hetero) is 1. The van der Waals surface area contributed by atoms with Gasteiger partial charge >= 0.3 is 0 Å². The highest BCUT2D eigenvalue weighted by Gasteiger charge is 2.25. The van der Waals surface area contributed by atoms with Gasteiger partial charge in [0.05, 0.1) is 10.7 Å². The van der Waals surface area contributed by atoms with E-state index in [1.165, 1.54) is 0 Å². The lowest BCUT2D eigenvalue weighted by molar-refractivity contribution is -0.111. The quantitative estimate of drug-likeness (QED) is 0.273. The summed E-state index contributed by atoms with van der Waals surface area (Å²) in [5.41, 5.74) is 2.71. The van der Waals surface area contributed by atoms with E-state index in [0.29, 0.717) is 12.0 Å². The molecule has 1 aromatic carbocycles. The second-order valence-corrected chi connectivity index (χ2v) is 8.27. The third kappa shape index (κ3) is 5.17. The van der Waals surface area contributed by atoms with Crippen LogP contribution in [0.2, 0.25) is 0 Å². The average Bonchev–Trinajstić information content (AvgIpc) is 3.10. The molecule has 1 aromatic rings. The second-order valence-electron chi connectivity index (χ2n) is 7.41. The third-order valence-electron chi connectivity index (χ3n) is 4.99. The summed E-state index contributed by atoms with van der Waals surface area (Å²) in [7, 11) is 5.14. The van der Waals surface area contributed by atoms with E-state index in [1.54, 1.807) is 32.6 Å². The number of carbonyl (C=O) groups is 2. The third-order valence-corrected chi connectivity index (χ3v) is 5.61. The zero-order valence-electron chi connectivity index (χ0n) is 16.5. The first kappa shape index (κ1) is 21.3. The lowest BCUT2D eigenvalue weighted by Gasteiger charge is -2.31. The molecule has 6 nitrogen and oxygen atoms in total. The molecule has 1 aliphatic heterocycles. The Bertz CT molecular complexity index is 912. The second kappa shape index (κ2) is 9.42. The maximum absolute atomic E-state index is 12.7. The number of hydrogen-bond acceptors (Lipinski definition) is 6. The molecule has 3 rings (SSSR count). The highest BCUT2D eigenvalue weighted by Crippen LogP contribution is 2.36. The van der Waals surface area contributed by atoms with Crippen LogP contribution >= 0.6 is 15.9 Å². The van der Waals surface area contributed by atoms with Gasteiger partial charge in [0.1, 0.15) is 23.5 Å². The van der Waals surface area contributed by atoms with Gasteiger partial charge in [-0.15, -0.1) is 0 Å². The van der Waals surface area contributed by atoms with E-state index in [2.05, 4.69) is 15.9 Å². The SMILES string of the molecule is CN(C)/C=C(\C#N)C(=O)C1=Cc2cc(OC3CCN([B]C=O)CC3)c(Br)cc2C1. The molecule has 0 spiro atoms. The maximum Gasteiger partial charge on any atom is 0.293 e. The van der Waals surface area contributed by atoms with Gasteiger partial charge in [0.15, 0.2) is 0 Å². The first-order valence-electron chi connectivity index (χ1n) is 9.46. The van der Waals surface area contributed by atoms with Gasteiger partial charge < -0.3 is 19.2 Å². The molecular formula is C21H22BBrN3O3. The number of rotatable bonds is 7. The van der Waals surface area contributed by atoms with Crippen molar-refractivity contribution in [3.05, 3.63) is 45.1 Å². The number of nitriles is 1. The molecule has 8 heteroatoms. The first-order valence-corrected chi connectivity index (χ1v) is 10.3. The fourth-order valence-corrected chi connectivity index (χ4v) is 4.04. The Morgan fingerprint density at radius 1 is 1.38 bits per heavy atom. The Morgan fingerprint density at radius 3 is 2.72 bits per heavy atom. The molecule has 0 amide bonds. The maximum atomic E-state index is 12.7. The van der Waals surface area contributed by atoms with Crippen molar-refractivity contribution in [1.29, 1.82) is 5.26 Å². The van der Waals surface area contributed by atoms with Crippen LogP contribution in [0.15, 0.2) is 34.0 Å². The summed E-state index contributed by atoms with van der Waals surface area (Å²) in [5, 5.41) is 9.30. The van der Waals surface area contributed by atoms with Crippen molar-refractivity contribution < 1.29 is 14.3 Å². The molecule has 0 aromatic heterocycles. The molecule has 149 valence electrons. The number of carbonyl (C=O) groups excluding carboxylic acids is 2. The van der Waals surface area contributed by atoms with Gasteiger partial charge in [0.25, 0.3) is 7.41 Å². The van der Waals surface area contributed by atoms with Gasteiger partial charge in [-0.3, -0.25) is 4.79 Å². The Labute approximate surface area is 180 Å². The Hall–Kier alpha value is -2.37. The van der Waals surface area contributed by atoms with E-state index >= 15 is 0 Å². The molecule has 1 heterocycles. The number of benzene rings is 1. The molecule has 2 aliphatic rings. The molecule has 0 bridgehead atoms. The molecule has 0 saturated carbocycles. The molecule has 1 saturated heterocycles. The average molecular weight is 455 g/mol. The van der Waals surface area contributed by atoms with Crippen molar-refractivity contribution >= 4 is 41.4 Å². The monoisotopic (exact) mass is 454 g/mol. The predicted molar refractivity (Wildman–Crippen MR) is 116 cm³/mol. The standard InChI is InChI=1S/C21H22BBrN3O3/c1-25(2)12-17(11-24)21(28)16-7-14-9-19(23)20(10-15(14)8-16)29-18-3-5-26(6-4-18)22-13-27/h8-10,12-13,18H,3-7H2,1-2H3/b17-12+. The lowest BCUT2D eigenvalue weighted by atomic mass is 9.90. The summed E-state index contributed by atoms with van der Waals surface area (Å²) in [6.07, 6.45) is 6.47. The van der Waals surface area contributed by atoms with E-state index in [1.807, 2.05) is 29.1 Å². The number of hydrogen-bond donors (Lipinski definition) is 0. The summed E-state index contributed by atoms with van der Waals surface area (Å²) < 4.78 is 7.05. The molecule has 1 fully saturated rings. The number of nitrogens with zero attached hydrogens (tertiary/aromatic N) is 3. The molecule has 0 unspecified atom stereocenters. The smallest absolute Gasteiger partial charge is 0.293 e. The van der Waals surface area contributed by atoms with Crippen molar-refractivity contribution in [2.75, 3.05) is 27.2 Å². The largest absolute Gasteiger partial charge is 0.489 e. The van der Waals surface area contributed by atoms with Crippen molar-refractivity contribution in [2.45, 2.75) is 25.4 Å². The fourth-order valence-electron chi connectivity index (χ4n) is 3.56. The molecule has 0 atom stereocenters. The van der Waals surface area contributed by atoms with Crippen LogP contribution in [0, 0.1) is 11.3 Å². The summed E-state index contributed by atoms with van der Waals surface area (Å²) >= 11 is 3.58. The van der Waals surface area contributed by atoms with Gasteiger partial charge in [0, 0.05) is 32.3 Å². The highest BCUT2D eigenvalue weighted by molar-refractivity contribution is 9.10. The number of ether oxygens (including phenoxy) is 1. The Morgan fingerprint density at radius 2 is 2.10 bits per heavy atom. The Kier molecular flexibility index (Phi) is 6.94. The number of halogens is 1. The zero-order chi connectivity index (χ0) is 21.0. The Balaban J connectivity index is 1.73. The van der Waals surface area contributed by atoms with Crippen molar-refractivity contribution in [2.24, 2.45) is 0 Å². The van der Waals surface area contributed by atoms with Gasteiger partial charge in [-0.05, 0) is 71.2 Å². The number of piperidine rings is 1. The molecular weight excluding hydrogens is 433 g/mol. The minimum absolute atomic E-state index is 0.0837. The van der Waals surface area contributed by atoms with Crippen molar-refractivity contribution in [3.8, 4) is 11.8 Å². The molecule has 0 N–H and O–H groups in total. The van der Waals surface area contributed by atoms with Crippen LogP contribution in [0.4, 0.5) is 0 Å². The van der Waals surface area contributed by atoms with Gasteiger partial charge in [-0.1, -0.05) is 0 Å². The van der Waals surface area contributed by atoms with Gasteiger partial charge in [0.2, 0.25) is 5.78 Å². The lowest BCUT2D eigenvalue weighted by Crippen LogP contribution is -2.40. The van der Waals surface area contributed by atoms with Crippen LogP contribution in [0.3, 0.4) is 0 Å². The van der Waals surface area contributed by atoms with Crippen LogP contribution in [-0.4, -0.2) is 62.4 Å². The normalized spacial score (nSPS) is 17.2. The summed E-state index contributed by atoms with van der Waals surface area (Å²) in [6, 6.07) is 5.93. The van der Waals surface area contributed by atoms with E-state index < -0.39 is 0 Å². The van der Waals surface area contributed by atoms with Crippen LogP contribution in [0.25, 0.3) is 6.08 Å². The van der Waals surface area contributed by atoms with Gasteiger partial charge in [-0.2, -0.15) is 5.26 Å². The molecule has 1 aliphatic carbocycles.